The molecule has 3 nitrogen and oxygen atoms in total. The molecule has 0 bridgehead atoms. The van der Waals surface area contributed by atoms with Gasteiger partial charge in [-0.25, -0.2) is 0 Å². The molecule has 0 aromatic heterocycles. The molecule has 0 radical (unpaired) electrons. The normalized spacial score (nSPS) is 12.5. The van der Waals surface area contributed by atoms with Gasteiger partial charge in [0.15, 0.2) is 0 Å². The second-order valence-electron chi connectivity index (χ2n) is 2.34. The Balaban J connectivity index is 3.11. The zero-order valence-electron chi connectivity index (χ0n) is 6.44. The van der Waals surface area contributed by atoms with Crippen LogP contribution in [0.25, 0.3) is 0 Å². The molecule has 1 atom stereocenters. The summed E-state index contributed by atoms with van der Waals surface area (Å²) in [6.07, 6.45) is 0. The molecule has 0 heterocycles. The van der Waals surface area contributed by atoms with E-state index < -0.39 is 16.2 Å². The summed E-state index contributed by atoms with van der Waals surface area (Å²) >= 11 is -2.66. The van der Waals surface area contributed by atoms with Crippen molar-refractivity contribution in [2.75, 3.05) is 0 Å². The SMILES string of the molecule is Cc1ccccc1C(=O)S(=O)[O-]. The van der Waals surface area contributed by atoms with E-state index >= 15 is 0 Å². The van der Waals surface area contributed by atoms with Gasteiger partial charge in [-0.3, -0.25) is 9.00 Å². The molecule has 0 N–H and O–H groups in total. The highest BCUT2D eigenvalue weighted by molar-refractivity contribution is 7.95. The number of rotatable bonds is 1. The first-order chi connectivity index (χ1) is 5.63. The van der Waals surface area contributed by atoms with Crippen LogP contribution >= 0.6 is 0 Å². The number of aryl methyl sites for hydroxylation is 1. The highest BCUT2D eigenvalue weighted by Crippen LogP contribution is 2.08. The molecule has 0 fully saturated rings. The Bertz CT molecular complexity index is 333. The fourth-order valence-electron chi connectivity index (χ4n) is 0.892. The third-order valence-corrected chi connectivity index (χ3v) is 2.04. The van der Waals surface area contributed by atoms with Gasteiger partial charge in [0.25, 0.3) is 0 Å². The molecule has 4 heteroatoms. The van der Waals surface area contributed by atoms with E-state index in [4.69, 9.17) is 0 Å². The molecule has 0 aliphatic heterocycles. The minimum absolute atomic E-state index is 0.242. The summed E-state index contributed by atoms with van der Waals surface area (Å²) in [6.45, 7) is 1.69. The molecule has 12 heavy (non-hydrogen) atoms. The van der Waals surface area contributed by atoms with Gasteiger partial charge in [0.05, 0.1) is 0 Å². The summed E-state index contributed by atoms with van der Waals surface area (Å²) < 4.78 is 20.6. The van der Waals surface area contributed by atoms with Gasteiger partial charge in [-0.15, -0.1) is 0 Å². The van der Waals surface area contributed by atoms with Gasteiger partial charge in [0.1, 0.15) is 0 Å². The van der Waals surface area contributed by atoms with Crippen molar-refractivity contribution in [2.45, 2.75) is 6.92 Å². The molecular weight excluding hydrogens is 176 g/mol. The van der Waals surface area contributed by atoms with E-state index in [9.17, 15) is 13.6 Å². The van der Waals surface area contributed by atoms with Crippen LogP contribution in [-0.2, 0) is 11.1 Å². The van der Waals surface area contributed by atoms with Crippen LogP contribution < -0.4 is 0 Å². The van der Waals surface area contributed by atoms with E-state index in [0.29, 0.717) is 5.56 Å². The predicted molar refractivity (Wildman–Crippen MR) is 44.4 cm³/mol. The summed E-state index contributed by atoms with van der Waals surface area (Å²) in [5, 5.41) is -0.854. The van der Waals surface area contributed by atoms with Gasteiger partial charge in [-0.1, -0.05) is 24.3 Å². The molecular formula is C8H7O3S-. The van der Waals surface area contributed by atoms with Crippen molar-refractivity contribution in [1.82, 2.24) is 0 Å². The van der Waals surface area contributed by atoms with Gasteiger partial charge in [0.2, 0.25) is 5.12 Å². The van der Waals surface area contributed by atoms with Crippen LogP contribution in [0.5, 0.6) is 0 Å². The van der Waals surface area contributed by atoms with E-state index in [0.717, 1.165) is 0 Å². The topological polar surface area (TPSA) is 57.2 Å². The van der Waals surface area contributed by atoms with Crippen LogP contribution in [0, 0.1) is 6.92 Å². The summed E-state index contributed by atoms with van der Waals surface area (Å²) in [5.74, 6) is 0. The summed E-state index contributed by atoms with van der Waals surface area (Å²) in [5.41, 5.74) is 0.914. The Morgan fingerprint density at radius 2 is 2.00 bits per heavy atom. The maximum Gasteiger partial charge on any atom is 0.236 e. The summed E-state index contributed by atoms with van der Waals surface area (Å²) in [6, 6.07) is 6.57. The van der Waals surface area contributed by atoms with E-state index in [1.54, 1.807) is 25.1 Å². The Morgan fingerprint density at radius 1 is 1.42 bits per heavy atom. The van der Waals surface area contributed by atoms with Crippen LogP contribution in [-0.4, -0.2) is 13.9 Å². The van der Waals surface area contributed by atoms with Gasteiger partial charge >= 0.3 is 0 Å². The summed E-state index contributed by atoms with van der Waals surface area (Å²) in [4.78, 5) is 11.0. The zero-order valence-corrected chi connectivity index (χ0v) is 7.26. The quantitative estimate of drug-likeness (QED) is 0.610. The molecule has 0 saturated carbocycles. The molecule has 0 aliphatic carbocycles. The van der Waals surface area contributed by atoms with Crippen LogP contribution in [0.4, 0.5) is 0 Å². The first-order valence-corrected chi connectivity index (χ1v) is 4.39. The number of benzene rings is 1. The third kappa shape index (κ3) is 1.78. The lowest BCUT2D eigenvalue weighted by Gasteiger charge is -2.05. The third-order valence-electron chi connectivity index (χ3n) is 1.52. The molecule has 0 spiro atoms. The monoisotopic (exact) mass is 183 g/mol. The molecule has 1 aromatic carbocycles. The van der Waals surface area contributed by atoms with Crippen molar-refractivity contribution in [3.8, 4) is 0 Å². The van der Waals surface area contributed by atoms with Gasteiger partial charge in [0, 0.05) is 16.6 Å². The molecule has 1 aromatic rings. The first-order valence-electron chi connectivity index (χ1n) is 3.32. The standard InChI is InChI=1S/C8H8O3S/c1-6-4-2-3-5-7(6)8(9)12(10)11/h2-5H,1H3,(H,10,11)/p-1. The van der Waals surface area contributed by atoms with Crippen molar-refractivity contribution in [3.63, 3.8) is 0 Å². The Kier molecular flexibility index (Phi) is 2.73. The largest absolute Gasteiger partial charge is 0.766 e. The second-order valence-corrected chi connectivity index (χ2v) is 3.18. The van der Waals surface area contributed by atoms with E-state index in [1.807, 2.05) is 0 Å². The average Bonchev–Trinajstić information content (AvgIpc) is 2.04. The highest BCUT2D eigenvalue weighted by atomic mass is 32.2. The molecule has 0 amide bonds. The maximum atomic E-state index is 11.0. The smallest absolute Gasteiger partial charge is 0.236 e. The van der Waals surface area contributed by atoms with Crippen molar-refractivity contribution in [3.05, 3.63) is 35.4 Å². The summed E-state index contributed by atoms with van der Waals surface area (Å²) in [7, 11) is 0. The lowest BCUT2D eigenvalue weighted by atomic mass is 10.1. The molecule has 0 saturated heterocycles. The van der Waals surface area contributed by atoms with E-state index in [1.165, 1.54) is 6.07 Å². The highest BCUT2D eigenvalue weighted by Gasteiger charge is 2.07. The molecule has 64 valence electrons. The van der Waals surface area contributed by atoms with Gasteiger partial charge in [-0.05, 0) is 12.5 Å². The van der Waals surface area contributed by atoms with Crippen LogP contribution in [0.2, 0.25) is 0 Å². The number of carbonyl (C=O) groups is 1. The lowest BCUT2D eigenvalue weighted by molar-refractivity contribution is 0.107. The van der Waals surface area contributed by atoms with E-state index in [-0.39, 0.29) is 5.56 Å². The molecule has 1 unspecified atom stereocenters. The fraction of sp³-hybridized carbons (Fsp3) is 0.125. The number of hydrogen-bond acceptors (Lipinski definition) is 3. The Morgan fingerprint density at radius 3 is 2.50 bits per heavy atom. The zero-order chi connectivity index (χ0) is 9.14. The van der Waals surface area contributed by atoms with Crippen LogP contribution in [0.3, 0.4) is 0 Å². The lowest BCUT2D eigenvalue weighted by Crippen LogP contribution is -2.07. The first kappa shape index (κ1) is 9.09. The van der Waals surface area contributed by atoms with Gasteiger partial charge < -0.3 is 4.55 Å². The molecule has 0 aliphatic rings. The predicted octanol–water partition coefficient (Wildman–Crippen LogP) is 1.01. The van der Waals surface area contributed by atoms with Crippen molar-refractivity contribution in [2.24, 2.45) is 0 Å². The van der Waals surface area contributed by atoms with Gasteiger partial charge in [-0.2, -0.15) is 0 Å². The fourth-order valence-corrected chi connectivity index (χ4v) is 1.30. The maximum absolute atomic E-state index is 11.0. The second kappa shape index (κ2) is 3.60. The minimum atomic E-state index is -2.66. The van der Waals surface area contributed by atoms with Crippen LogP contribution in [0.15, 0.2) is 24.3 Å². The minimum Gasteiger partial charge on any atom is -0.766 e. The Hall–Kier alpha value is -1.00. The van der Waals surface area contributed by atoms with Crippen molar-refractivity contribution < 1.29 is 13.6 Å². The Labute approximate surface area is 72.7 Å². The number of hydrogen-bond donors (Lipinski definition) is 0. The number of carbonyl (C=O) groups excluding carboxylic acids is 1. The van der Waals surface area contributed by atoms with Crippen molar-refractivity contribution >= 4 is 16.2 Å². The average molecular weight is 183 g/mol. The van der Waals surface area contributed by atoms with Crippen LogP contribution in [0.1, 0.15) is 15.9 Å². The molecule has 1 rings (SSSR count). The van der Waals surface area contributed by atoms with E-state index in [2.05, 4.69) is 0 Å². The van der Waals surface area contributed by atoms with Crippen molar-refractivity contribution in [1.29, 1.82) is 0 Å².